The van der Waals surface area contributed by atoms with E-state index in [2.05, 4.69) is 20.8 Å². The number of thioether (sulfide) groups is 1. The molecule has 1 aliphatic rings. The molecule has 1 aliphatic carbocycles. The Labute approximate surface area is 264 Å². The van der Waals surface area contributed by atoms with Gasteiger partial charge in [-0.3, -0.25) is 14.2 Å². The summed E-state index contributed by atoms with van der Waals surface area (Å²) in [6.07, 6.45) is -2.20. The fraction of sp³-hybridized carbons (Fsp3) is 0.300. The summed E-state index contributed by atoms with van der Waals surface area (Å²) in [4.78, 5) is 39.7. The number of nitrogens with zero attached hydrogens (tertiary/aromatic N) is 3. The predicted molar refractivity (Wildman–Crippen MR) is 162 cm³/mol. The molecule has 0 atom stereocenters. The van der Waals surface area contributed by atoms with Crippen LogP contribution in [-0.4, -0.2) is 52.0 Å². The van der Waals surface area contributed by atoms with Crippen molar-refractivity contribution in [2.45, 2.75) is 44.1 Å². The van der Waals surface area contributed by atoms with Crippen LogP contribution in [0.2, 0.25) is 0 Å². The third kappa shape index (κ3) is 6.99. The number of amides is 2. The lowest BCUT2D eigenvalue weighted by molar-refractivity contribution is -0.138. The summed E-state index contributed by atoms with van der Waals surface area (Å²) >= 11 is 2.42. The second-order valence-corrected chi connectivity index (χ2v) is 11.8. The van der Waals surface area contributed by atoms with E-state index in [4.69, 9.17) is 9.47 Å². The average molecular weight is 660 g/mol. The van der Waals surface area contributed by atoms with Gasteiger partial charge in [0.2, 0.25) is 5.91 Å². The lowest BCUT2D eigenvalue weighted by Gasteiger charge is -2.15. The first-order valence-corrected chi connectivity index (χ1v) is 15.7. The summed E-state index contributed by atoms with van der Waals surface area (Å²) in [5.41, 5.74) is 0.225. The molecule has 0 bridgehead atoms. The van der Waals surface area contributed by atoms with Gasteiger partial charge in [-0.05, 0) is 56.0 Å². The second kappa shape index (κ2) is 13.7. The Morgan fingerprint density at radius 3 is 2.58 bits per heavy atom. The number of alkyl halides is 3. The van der Waals surface area contributed by atoms with Gasteiger partial charge in [-0.25, -0.2) is 4.79 Å². The smallest absolute Gasteiger partial charge is 0.417 e. The Morgan fingerprint density at radius 1 is 1.07 bits per heavy atom. The number of fused-ring (bicyclic) bond motifs is 1. The van der Waals surface area contributed by atoms with Crippen molar-refractivity contribution in [3.63, 3.8) is 0 Å². The first-order valence-electron chi connectivity index (χ1n) is 13.9. The van der Waals surface area contributed by atoms with Crippen LogP contribution < -0.4 is 15.4 Å². The Kier molecular flexibility index (Phi) is 9.77. The number of esters is 1. The Hall–Kier alpha value is -4.37. The van der Waals surface area contributed by atoms with Crippen LogP contribution in [0.3, 0.4) is 0 Å². The highest BCUT2D eigenvalue weighted by Crippen LogP contribution is 2.40. The maximum atomic E-state index is 13.5. The number of rotatable bonds is 11. The Bertz CT molecular complexity index is 1740. The van der Waals surface area contributed by atoms with Gasteiger partial charge in [0.25, 0.3) is 5.91 Å². The first-order chi connectivity index (χ1) is 21.6. The summed E-state index contributed by atoms with van der Waals surface area (Å²) in [6.45, 7) is 1.66. The van der Waals surface area contributed by atoms with E-state index in [1.807, 2.05) is 0 Å². The van der Waals surface area contributed by atoms with E-state index in [0.29, 0.717) is 22.0 Å². The molecular weight excluding hydrogens is 631 g/mol. The van der Waals surface area contributed by atoms with E-state index in [1.54, 1.807) is 35.8 Å². The molecule has 15 heteroatoms. The van der Waals surface area contributed by atoms with Gasteiger partial charge in [-0.1, -0.05) is 36.0 Å². The van der Waals surface area contributed by atoms with E-state index in [1.165, 1.54) is 30.6 Å². The predicted octanol–water partition coefficient (Wildman–Crippen LogP) is 5.68. The van der Waals surface area contributed by atoms with Crippen molar-refractivity contribution in [2.75, 3.05) is 24.8 Å². The van der Waals surface area contributed by atoms with Gasteiger partial charge < -0.3 is 20.1 Å². The lowest BCUT2D eigenvalue weighted by Crippen LogP contribution is -2.27. The molecule has 2 aromatic heterocycles. The van der Waals surface area contributed by atoms with E-state index in [9.17, 15) is 27.6 Å². The number of aromatic nitrogens is 3. The van der Waals surface area contributed by atoms with Crippen LogP contribution in [0.15, 0.2) is 53.7 Å². The lowest BCUT2D eigenvalue weighted by atomic mass is 10.1. The maximum Gasteiger partial charge on any atom is 0.417 e. The number of hydrogen-bond acceptors (Lipinski definition) is 9. The zero-order valence-corrected chi connectivity index (χ0v) is 25.8. The Balaban J connectivity index is 1.36. The summed E-state index contributed by atoms with van der Waals surface area (Å²) < 4.78 is 52.8. The number of hydrogen-bond donors (Lipinski definition) is 2. The fourth-order valence-corrected chi connectivity index (χ4v) is 7.01. The highest BCUT2D eigenvalue weighted by atomic mass is 32.2. The number of para-hydroxylation sites is 2. The van der Waals surface area contributed by atoms with Gasteiger partial charge in [-0.15, -0.1) is 21.5 Å². The number of thiophene rings is 1. The van der Waals surface area contributed by atoms with Crippen LogP contribution >= 0.6 is 23.1 Å². The number of halogens is 3. The normalized spacial score (nSPS) is 12.5. The number of aryl methyl sites for hydroxylation is 1. The molecule has 10 nitrogen and oxygen atoms in total. The van der Waals surface area contributed by atoms with Crippen LogP contribution in [0.4, 0.5) is 18.2 Å². The van der Waals surface area contributed by atoms with Gasteiger partial charge in [0.05, 0.1) is 48.4 Å². The van der Waals surface area contributed by atoms with Gasteiger partial charge in [0.1, 0.15) is 10.8 Å². The zero-order valence-electron chi connectivity index (χ0n) is 24.2. The highest BCUT2D eigenvalue weighted by Gasteiger charge is 2.35. The number of benzene rings is 2. The molecule has 0 spiro atoms. The summed E-state index contributed by atoms with van der Waals surface area (Å²) in [6, 6.07) is 11.4. The first kappa shape index (κ1) is 32.0. The van der Waals surface area contributed by atoms with Gasteiger partial charge >= 0.3 is 12.1 Å². The van der Waals surface area contributed by atoms with Crippen molar-refractivity contribution in [2.24, 2.45) is 0 Å². The van der Waals surface area contributed by atoms with Crippen LogP contribution in [0, 0.1) is 0 Å². The number of anilines is 1. The zero-order chi connectivity index (χ0) is 32.1. The molecule has 236 valence electrons. The number of carbonyl (C=O) groups is 3. The molecule has 2 aromatic carbocycles. The van der Waals surface area contributed by atoms with Crippen LogP contribution in [0.25, 0.3) is 5.69 Å². The van der Waals surface area contributed by atoms with Crippen molar-refractivity contribution in [1.29, 1.82) is 0 Å². The maximum absolute atomic E-state index is 13.5. The molecule has 45 heavy (non-hydrogen) atoms. The summed E-state index contributed by atoms with van der Waals surface area (Å²) in [5.74, 6) is -1.28. The quantitative estimate of drug-likeness (QED) is 0.156. The summed E-state index contributed by atoms with van der Waals surface area (Å²) in [5, 5.41) is 14.4. The van der Waals surface area contributed by atoms with Crippen molar-refractivity contribution in [3.8, 4) is 11.4 Å². The Morgan fingerprint density at radius 2 is 1.82 bits per heavy atom. The standard InChI is InChI=1S/C30H28F3N5O5S2/c1-3-43-28(41)25-18-10-8-14-22(18)45-27(25)35-24(39)16-44-29-37-36-23(38(29)20-12-6-7-13-21(20)42-2)15-34-26(40)17-9-4-5-11-19(17)30(31,32)33/h4-7,9,11-13H,3,8,10,14-16H2,1-2H3,(H,34,40)(H,35,39). The molecule has 4 aromatic rings. The second-order valence-electron chi connectivity index (χ2n) is 9.75. The average Bonchev–Trinajstić information content (AvgIpc) is 3.73. The molecule has 2 heterocycles. The molecule has 2 N–H and O–H groups in total. The van der Waals surface area contributed by atoms with Crippen LogP contribution in [0.5, 0.6) is 5.75 Å². The molecule has 0 unspecified atom stereocenters. The molecule has 0 saturated carbocycles. The fourth-order valence-electron chi connectivity index (χ4n) is 4.95. The minimum Gasteiger partial charge on any atom is -0.495 e. The van der Waals surface area contributed by atoms with E-state index in [0.717, 1.165) is 53.6 Å². The topological polar surface area (TPSA) is 124 Å². The van der Waals surface area contributed by atoms with E-state index in [-0.39, 0.29) is 29.9 Å². The molecule has 0 fully saturated rings. The molecular formula is C30H28F3N5O5S2. The van der Waals surface area contributed by atoms with Crippen LogP contribution in [0.1, 0.15) is 55.9 Å². The van der Waals surface area contributed by atoms with Crippen molar-refractivity contribution >= 4 is 45.9 Å². The van der Waals surface area contributed by atoms with Gasteiger partial charge in [0.15, 0.2) is 11.0 Å². The minimum absolute atomic E-state index is 0.108. The molecule has 0 saturated heterocycles. The van der Waals surface area contributed by atoms with Crippen molar-refractivity contribution in [1.82, 2.24) is 20.1 Å². The molecule has 2 amide bonds. The van der Waals surface area contributed by atoms with Gasteiger partial charge in [-0.2, -0.15) is 13.2 Å². The largest absolute Gasteiger partial charge is 0.495 e. The third-order valence-corrected chi connectivity index (χ3v) is 9.03. The summed E-state index contributed by atoms with van der Waals surface area (Å²) in [7, 11) is 1.47. The van der Waals surface area contributed by atoms with Crippen LogP contribution in [-0.2, 0) is 35.1 Å². The van der Waals surface area contributed by atoms with E-state index >= 15 is 0 Å². The van der Waals surface area contributed by atoms with Crippen molar-refractivity contribution in [3.05, 3.63) is 81.5 Å². The SMILES string of the molecule is CCOC(=O)c1c(NC(=O)CSc2nnc(CNC(=O)c3ccccc3C(F)(F)F)n2-c2ccccc2OC)sc2c1CCC2. The molecule has 0 aliphatic heterocycles. The highest BCUT2D eigenvalue weighted by molar-refractivity contribution is 7.99. The van der Waals surface area contributed by atoms with E-state index < -0.39 is 35.1 Å². The third-order valence-electron chi connectivity index (χ3n) is 6.90. The molecule has 5 rings (SSSR count). The monoisotopic (exact) mass is 659 g/mol. The number of methoxy groups -OCH3 is 1. The number of carbonyl (C=O) groups excluding carboxylic acids is 3. The number of ether oxygens (including phenoxy) is 2. The number of nitrogens with one attached hydrogen (secondary N) is 2. The molecule has 0 radical (unpaired) electrons. The van der Waals surface area contributed by atoms with Crippen molar-refractivity contribution < 1.29 is 37.0 Å². The minimum atomic E-state index is -4.71. The van der Waals surface area contributed by atoms with Gasteiger partial charge in [0, 0.05) is 4.88 Å².